The van der Waals surface area contributed by atoms with Crippen molar-refractivity contribution < 1.29 is 17.3 Å². The van der Waals surface area contributed by atoms with Crippen molar-refractivity contribution in [2.24, 2.45) is 0 Å². The molecule has 2 aromatic rings. The predicted octanol–water partition coefficient (Wildman–Crippen LogP) is 4.16. The minimum atomic E-state index is -4.05. The van der Waals surface area contributed by atoms with Crippen molar-refractivity contribution in [2.45, 2.75) is 11.8 Å². The molecule has 112 valence electrons. The van der Waals surface area contributed by atoms with Crippen LogP contribution in [-0.2, 0) is 10.1 Å². The van der Waals surface area contributed by atoms with Crippen molar-refractivity contribution in [1.29, 1.82) is 0 Å². The van der Waals surface area contributed by atoms with Crippen molar-refractivity contribution in [3.05, 3.63) is 52.5 Å². The molecule has 0 heterocycles. The van der Waals surface area contributed by atoms with E-state index in [0.29, 0.717) is 12.4 Å². The van der Waals surface area contributed by atoms with Crippen LogP contribution >= 0.6 is 23.2 Å². The van der Waals surface area contributed by atoms with Gasteiger partial charge < -0.3 is 8.92 Å². The summed E-state index contributed by atoms with van der Waals surface area (Å²) in [5, 5.41) is 0.0816. The first-order valence-corrected chi connectivity index (χ1v) is 8.22. The second kappa shape index (κ2) is 6.56. The van der Waals surface area contributed by atoms with Crippen LogP contribution in [0.4, 0.5) is 0 Å². The lowest BCUT2D eigenvalue weighted by atomic mass is 10.3. The van der Waals surface area contributed by atoms with Crippen molar-refractivity contribution >= 4 is 33.3 Å². The Labute approximate surface area is 133 Å². The topological polar surface area (TPSA) is 52.6 Å². The van der Waals surface area contributed by atoms with E-state index < -0.39 is 10.1 Å². The molecule has 0 aromatic heterocycles. The van der Waals surface area contributed by atoms with Gasteiger partial charge in [-0.1, -0.05) is 29.3 Å². The average molecular weight is 347 g/mol. The van der Waals surface area contributed by atoms with Crippen LogP contribution in [0.2, 0.25) is 10.0 Å². The Morgan fingerprint density at radius 1 is 1.00 bits per heavy atom. The third-order valence-corrected chi connectivity index (χ3v) is 4.75. The highest BCUT2D eigenvalue weighted by atomic mass is 35.5. The Bertz CT molecular complexity index is 727. The van der Waals surface area contributed by atoms with Crippen LogP contribution in [0.3, 0.4) is 0 Å². The fourth-order valence-corrected chi connectivity index (χ4v) is 3.28. The summed E-state index contributed by atoms with van der Waals surface area (Å²) in [7, 11) is -4.05. The molecule has 2 aromatic carbocycles. The molecule has 0 saturated heterocycles. The summed E-state index contributed by atoms with van der Waals surface area (Å²) >= 11 is 11.7. The summed E-state index contributed by atoms with van der Waals surface area (Å²) in [5.74, 6) is 0.789. The first-order valence-electron chi connectivity index (χ1n) is 6.05. The quantitative estimate of drug-likeness (QED) is 0.762. The maximum atomic E-state index is 12.2. The van der Waals surface area contributed by atoms with Crippen LogP contribution in [0, 0.1) is 0 Å². The Morgan fingerprint density at radius 3 is 2.24 bits per heavy atom. The van der Waals surface area contributed by atoms with Gasteiger partial charge in [0.25, 0.3) is 0 Å². The molecule has 0 saturated carbocycles. The monoisotopic (exact) mass is 346 g/mol. The molecule has 0 radical (unpaired) electrons. The van der Waals surface area contributed by atoms with Crippen molar-refractivity contribution in [1.82, 2.24) is 0 Å². The molecule has 21 heavy (non-hydrogen) atoms. The van der Waals surface area contributed by atoms with Crippen LogP contribution in [0.1, 0.15) is 6.92 Å². The summed E-state index contributed by atoms with van der Waals surface area (Å²) in [6, 6.07) is 10.6. The van der Waals surface area contributed by atoms with E-state index in [0.717, 1.165) is 0 Å². The van der Waals surface area contributed by atoms with Gasteiger partial charge in [0.2, 0.25) is 0 Å². The van der Waals surface area contributed by atoms with Gasteiger partial charge in [-0.05, 0) is 43.3 Å². The summed E-state index contributed by atoms with van der Waals surface area (Å²) in [6.07, 6.45) is 0. The molecule has 0 amide bonds. The summed E-state index contributed by atoms with van der Waals surface area (Å²) < 4.78 is 34.7. The van der Waals surface area contributed by atoms with E-state index in [1.54, 1.807) is 12.1 Å². The molecule has 0 unspecified atom stereocenters. The third kappa shape index (κ3) is 3.81. The largest absolute Gasteiger partial charge is 0.494 e. The highest BCUT2D eigenvalue weighted by molar-refractivity contribution is 7.87. The van der Waals surface area contributed by atoms with Crippen molar-refractivity contribution in [3.8, 4) is 11.5 Å². The zero-order valence-electron chi connectivity index (χ0n) is 11.0. The van der Waals surface area contributed by atoms with Crippen LogP contribution in [0.5, 0.6) is 11.5 Å². The molecule has 0 spiro atoms. The Morgan fingerprint density at radius 2 is 1.62 bits per heavy atom. The van der Waals surface area contributed by atoms with Gasteiger partial charge in [-0.15, -0.1) is 0 Å². The number of hydrogen-bond acceptors (Lipinski definition) is 4. The average Bonchev–Trinajstić information content (AvgIpc) is 2.44. The number of ether oxygens (including phenoxy) is 1. The van der Waals surface area contributed by atoms with Gasteiger partial charge in [0.1, 0.15) is 16.4 Å². The lowest BCUT2D eigenvalue weighted by molar-refractivity contribution is 0.340. The minimum absolute atomic E-state index is 0.0647. The van der Waals surface area contributed by atoms with Crippen LogP contribution in [0.25, 0.3) is 0 Å². The first kappa shape index (κ1) is 15.9. The smallest absolute Gasteiger partial charge is 0.340 e. The number of halogens is 2. The van der Waals surface area contributed by atoms with Gasteiger partial charge in [0, 0.05) is 0 Å². The standard InChI is InChI=1S/C14H12Cl2O4S/c1-2-19-10-6-8-11(9-7-10)20-21(17,18)13-5-3-4-12(15)14(13)16/h3-9H,2H2,1H3. The molecule has 0 N–H and O–H groups in total. The zero-order valence-corrected chi connectivity index (χ0v) is 13.4. The van der Waals surface area contributed by atoms with E-state index in [1.165, 1.54) is 30.3 Å². The van der Waals surface area contributed by atoms with Gasteiger partial charge in [0.15, 0.2) is 0 Å². The Kier molecular flexibility index (Phi) is 4.98. The molecule has 0 atom stereocenters. The zero-order chi connectivity index (χ0) is 15.5. The Hall–Kier alpha value is -1.43. The molecule has 7 heteroatoms. The molecule has 0 aliphatic rings. The molecule has 4 nitrogen and oxygen atoms in total. The van der Waals surface area contributed by atoms with Crippen molar-refractivity contribution in [3.63, 3.8) is 0 Å². The number of hydrogen-bond donors (Lipinski definition) is 0. The molecule has 0 aliphatic heterocycles. The second-order valence-electron chi connectivity index (χ2n) is 3.99. The van der Waals surface area contributed by atoms with Gasteiger partial charge in [-0.25, -0.2) is 0 Å². The Balaban J connectivity index is 2.27. The van der Waals surface area contributed by atoms with Gasteiger partial charge in [-0.3, -0.25) is 0 Å². The van der Waals surface area contributed by atoms with E-state index in [9.17, 15) is 8.42 Å². The normalized spacial score (nSPS) is 11.2. The van der Waals surface area contributed by atoms with Crippen molar-refractivity contribution in [2.75, 3.05) is 6.61 Å². The highest BCUT2D eigenvalue weighted by Gasteiger charge is 2.21. The number of benzene rings is 2. The van der Waals surface area contributed by atoms with E-state index in [4.69, 9.17) is 32.1 Å². The van der Waals surface area contributed by atoms with E-state index in [-0.39, 0.29) is 20.7 Å². The summed E-state index contributed by atoms with van der Waals surface area (Å²) in [5.41, 5.74) is 0. The lowest BCUT2D eigenvalue weighted by Gasteiger charge is -2.09. The summed E-state index contributed by atoms with van der Waals surface area (Å²) in [4.78, 5) is -0.175. The third-order valence-electron chi connectivity index (χ3n) is 2.53. The van der Waals surface area contributed by atoms with Gasteiger partial charge in [-0.2, -0.15) is 8.42 Å². The fraction of sp³-hybridized carbons (Fsp3) is 0.143. The molecular formula is C14H12Cl2O4S. The van der Waals surface area contributed by atoms with Gasteiger partial charge in [0.05, 0.1) is 16.7 Å². The molecule has 0 aliphatic carbocycles. The SMILES string of the molecule is CCOc1ccc(OS(=O)(=O)c2cccc(Cl)c2Cl)cc1. The molecular weight excluding hydrogens is 335 g/mol. The molecule has 0 bridgehead atoms. The highest BCUT2D eigenvalue weighted by Crippen LogP contribution is 2.31. The molecule has 0 fully saturated rings. The van der Waals surface area contributed by atoms with E-state index in [1.807, 2.05) is 6.92 Å². The van der Waals surface area contributed by atoms with E-state index >= 15 is 0 Å². The van der Waals surface area contributed by atoms with Crippen LogP contribution in [-0.4, -0.2) is 15.0 Å². The number of rotatable bonds is 5. The second-order valence-corrected chi connectivity index (χ2v) is 6.29. The van der Waals surface area contributed by atoms with Gasteiger partial charge >= 0.3 is 10.1 Å². The molecule has 2 rings (SSSR count). The fourth-order valence-electron chi connectivity index (χ4n) is 1.61. The maximum Gasteiger partial charge on any atom is 0.340 e. The van der Waals surface area contributed by atoms with Crippen LogP contribution < -0.4 is 8.92 Å². The lowest BCUT2D eigenvalue weighted by Crippen LogP contribution is -2.10. The van der Waals surface area contributed by atoms with E-state index in [2.05, 4.69) is 0 Å². The maximum absolute atomic E-state index is 12.2. The predicted molar refractivity (Wildman–Crippen MR) is 81.9 cm³/mol. The minimum Gasteiger partial charge on any atom is -0.494 e. The first-order chi connectivity index (χ1) is 9.94. The summed E-state index contributed by atoms with van der Waals surface area (Å²) in [6.45, 7) is 2.38. The van der Waals surface area contributed by atoms with Crippen LogP contribution in [0.15, 0.2) is 47.4 Å².